The summed E-state index contributed by atoms with van der Waals surface area (Å²) in [5, 5.41) is 2.91. The molecule has 5 atom stereocenters. The molecule has 1 radical (unpaired) electrons. The van der Waals surface area contributed by atoms with E-state index in [1.54, 1.807) is 0 Å². The molecule has 1 aliphatic heterocycles. The molecule has 1 amide bonds. The fourth-order valence-corrected chi connectivity index (χ4v) is 2.17. The molecule has 0 spiro atoms. The van der Waals surface area contributed by atoms with E-state index in [2.05, 4.69) is 39.9 Å². The van der Waals surface area contributed by atoms with Gasteiger partial charge in [0.05, 0.1) is 24.2 Å². The van der Waals surface area contributed by atoms with Gasteiger partial charge in [0.25, 0.3) is 0 Å². The second-order valence-electron chi connectivity index (χ2n) is 4.64. The third-order valence-corrected chi connectivity index (χ3v) is 3.57. The van der Waals surface area contributed by atoms with E-state index in [0.29, 0.717) is 11.8 Å². The zero-order chi connectivity index (χ0) is 11.6. The van der Waals surface area contributed by atoms with E-state index >= 15 is 0 Å². The monoisotopic (exact) mass is 314 g/mol. The van der Waals surface area contributed by atoms with Crippen LogP contribution in [0.15, 0.2) is 0 Å². The van der Waals surface area contributed by atoms with Crippen LogP contribution in [0.4, 0.5) is 0 Å². The molecular weight excluding hydrogens is 291 g/mol. The van der Waals surface area contributed by atoms with Gasteiger partial charge in [-0.05, 0) is 12.8 Å². The maximum atomic E-state index is 11.0. The first kappa shape index (κ1) is 15.9. The second kappa shape index (κ2) is 6.61. The minimum atomic E-state index is -0.210. The molecule has 3 nitrogen and oxygen atoms in total. The van der Waals surface area contributed by atoms with Crippen LogP contribution in [0.5, 0.6) is 0 Å². The predicted octanol–water partition coefficient (Wildman–Crippen LogP) is 1.77. The van der Waals surface area contributed by atoms with E-state index in [1.807, 2.05) is 0 Å². The molecule has 0 aromatic heterocycles. The van der Waals surface area contributed by atoms with Crippen molar-refractivity contribution >= 4 is 5.91 Å². The van der Waals surface area contributed by atoms with Crippen molar-refractivity contribution in [2.24, 2.45) is 11.8 Å². The Morgan fingerprint density at radius 2 is 2.06 bits per heavy atom. The van der Waals surface area contributed by atoms with E-state index in [1.165, 1.54) is 0 Å². The molecule has 0 bridgehead atoms. The summed E-state index contributed by atoms with van der Waals surface area (Å²) in [4.78, 5) is 11.0. The van der Waals surface area contributed by atoms with Gasteiger partial charge < -0.3 is 21.8 Å². The van der Waals surface area contributed by atoms with Crippen molar-refractivity contribution in [3.63, 3.8) is 0 Å². The van der Waals surface area contributed by atoms with Crippen molar-refractivity contribution in [1.29, 1.82) is 0 Å². The minimum Gasteiger partial charge on any atom is -0.375 e. The van der Waals surface area contributed by atoms with Crippen molar-refractivity contribution in [3.05, 3.63) is 6.92 Å². The number of carbonyl (C=O) groups is 1. The number of amides is 1. The molecule has 1 aliphatic rings. The van der Waals surface area contributed by atoms with Gasteiger partial charge in [0.1, 0.15) is 0 Å². The second-order valence-corrected chi connectivity index (χ2v) is 4.64. The zero-order valence-corrected chi connectivity index (χ0v) is 12.2. The Morgan fingerprint density at radius 3 is 2.50 bits per heavy atom. The molecule has 0 aromatic carbocycles. The van der Waals surface area contributed by atoms with E-state index in [9.17, 15) is 4.79 Å². The van der Waals surface area contributed by atoms with Gasteiger partial charge in [-0.3, -0.25) is 0 Å². The first-order valence-electron chi connectivity index (χ1n) is 5.75. The summed E-state index contributed by atoms with van der Waals surface area (Å²) in [5.41, 5.74) is 0. The molecule has 5 unspecified atom stereocenters. The van der Waals surface area contributed by atoms with Crippen LogP contribution in [0.1, 0.15) is 34.1 Å². The summed E-state index contributed by atoms with van der Waals surface area (Å²) in [6, 6.07) is 0.111. The summed E-state index contributed by atoms with van der Waals surface area (Å²) in [7, 11) is 0. The topological polar surface area (TPSA) is 38.3 Å². The van der Waals surface area contributed by atoms with Crippen LogP contribution < -0.4 is 5.32 Å². The van der Waals surface area contributed by atoms with Gasteiger partial charge in [-0.25, -0.2) is 0 Å². The van der Waals surface area contributed by atoms with Crippen LogP contribution in [0.3, 0.4) is 0 Å². The smallest absolute Gasteiger partial charge is 0.375 e. The average molecular weight is 313 g/mol. The average Bonchev–Trinajstić information content (AvgIpc) is 2.44. The zero-order valence-electron chi connectivity index (χ0n) is 10.5. The third kappa shape index (κ3) is 3.46. The number of nitrogens with one attached hydrogen (secondary N) is 1. The van der Waals surface area contributed by atoms with Gasteiger partial charge >= 0.3 is 19.5 Å². The molecule has 0 saturated carbocycles. The number of hydrogen-bond acceptors (Lipinski definition) is 2. The van der Waals surface area contributed by atoms with Crippen LogP contribution in [0.25, 0.3) is 0 Å². The normalized spacial score (nSPS) is 35.2. The molecular formula is C12H22NO2Ru. The molecule has 1 saturated heterocycles. The van der Waals surface area contributed by atoms with E-state index in [4.69, 9.17) is 4.74 Å². The van der Waals surface area contributed by atoms with Crippen LogP contribution in [-0.4, -0.2) is 24.2 Å². The Hall–Kier alpha value is -0.0766. The van der Waals surface area contributed by atoms with Gasteiger partial charge in [-0.2, -0.15) is 0 Å². The largest absolute Gasteiger partial charge is 1.00 e. The first-order valence-corrected chi connectivity index (χ1v) is 5.75. The van der Waals surface area contributed by atoms with Gasteiger partial charge in [0.2, 0.25) is 0 Å². The Morgan fingerprint density at radius 1 is 1.50 bits per heavy atom. The summed E-state index contributed by atoms with van der Waals surface area (Å²) in [5.74, 6) is 0.613. The number of ether oxygens (including phenoxy) is 1. The summed E-state index contributed by atoms with van der Waals surface area (Å²) < 4.78 is 5.90. The summed E-state index contributed by atoms with van der Waals surface area (Å²) in [6.45, 7) is 11.9. The van der Waals surface area contributed by atoms with E-state index < -0.39 is 0 Å². The third-order valence-electron chi connectivity index (χ3n) is 3.57. The molecule has 0 aliphatic carbocycles. The number of rotatable bonds is 3. The van der Waals surface area contributed by atoms with E-state index in [-0.39, 0.29) is 43.6 Å². The van der Waals surface area contributed by atoms with Crippen molar-refractivity contribution < 1.29 is 29.0 Å². The molecule has 1 rings (SSSR count). The van der Waals surface area contributed by atoms with Crippen molar-refractivity contribution in [1.82, 2.24) is 5.32 Å². The van der Waals surface area contributed by atoms with Crippen LogP contribution in [-0.2, 0) is 29.0 Å². The Labute approximate surface area is 111 Å². The van der Waals surface area contributed by atoms with Crippen molar-refractivity contribution in [2.45, 2.75) is 52.4 Å². The fraction of sp³-hybridized carbons (Fsp3) is 0.833. The van der Waals surface area contributed by atoms with Gasteiger partial charge in [-0.1, -0.05) is 27.2 Å². The first-order chi connectivity index (χ1) is 6.97. The molecule has 4 heteroatoms. The molecule has 1 heterocycles. The Balaban J connectivity index is 0.00000225. The van der Waals surface area contributed by atoms with Gasteiger partial charge in [-0.15, -0.1) is 0 Å². The maximum Gasteiger partial charge on any atom is 1.00 e. The predicted molar refractivity (Wildman–Crippen MR) is 60.2 cm³/mol. The van der Waals surface area contributed by atoms with Crippen molar-refractivity contribution in [2.75, 3.05) is 0 Å². The summed E-state index contributed by atoms with van der Waals surface area (Å²) in [6.07, 6.45) is 1.40. The maximum absolute atomic E-state index is 11.0. The number of carbonyl (C=O) groups excluding carboxylic acids is 1. The van der Waals surface area contributed by atoms with Gasteiger partial charge in [0.15, 0.2) is 0 Å². The molecule has 16 heavy (non-hydrogen) atoms. The fourth-order valence-electron chi connectivity index (χ4n) is 2.17. The number of hydrogen-bond donors (Lipinski definition) is 1. The van der Waals surface area contributed by atoms with Crippen LogP contribution >= 0.6 is 0 Å². The molecule has 1 fully saturated rings. The molecule has 1 N–H and O–H groups in total. The Bertz CT molecular complexity index is 235. The van der Waals surface area contributed by atoms with Crippen LogP contribution in [0, 0.1) is 18.8 Å². The Kier molecular flexibility index (Phi) is 6.58. The van der Waals surface area contributed by atoms with E-state index in [0.717, 1.165) is 6.42 Å². The molecule has 95 valence electrons. The standard InChI is InChI=1S/C12H22NO2.Ru/c1-6-7(2)12-11(13-10(5)14)8(3)9(4)15-12;/h7-9,11-12H,5-6H2,1-4H3,(H,13,14);/q-1;+1. The SMILES string of the molecule is [CH2-]C(=O)NC1C(C)C(C)OC1C(C)CC.[Ru+]. The van der Waals surface area contributed by atoms with Crippen LogP contribution in [0.2, 0.25) is 0 Å². The van der Waals surface area contributed by atoms with Crippen molar-refractivity contribution in [3.8, 4) is 0 Å². The quantitative estimate of drug-likeness (QED) is 0.637. The van der Waals surface area contributed by atoms with Gasteiger partial charge in [0, 0.05) is 5.92 Å². The molecule has 0 aromatic rings. The minimum absolute atomic E-state index is 0. The summed E-state index contributed by atoms with van der Waals surface area (Å²) >= 11 is 0.